The summed E-state index contributed by atoms with van der Waals surface area (Å²) in [4.78, 5) is 69.5. The number of nitrogens with one attached hydrogen (secondary N) is 4. The van der Waals surface area contributed by atoms with Gasteiger partial charge in [0.2, 0.25) is 0 Å². The lowest BCUT2D eigenvalue weighted by atomic mass is 10.0. The van der Waals surface area contributed by atoms with E-state index in [9.17, 15) is 39.6 Å². The minimum Gasteiger partial charge on any atom is -0.465 e. The van der Waals surface area contributed by atoms with E-state index in [1.54, 1.807) is 73.1 Å². The van der Waals surface area contributed by atoms with Crippen molar-refractivity contribution in [1.82, 2.24) is 40.4 Å². The molecular formula is C44H42N8O8. The molecule has 2 saturated heterocycles. The molecule has 0 spiro atoms. The molecule has 8 rings (SSSR count). The molecule has 16 nitrogen and oxygen atoms in total. The normalized spacial score (nSPS) is 19.8. The van der Waals surface area contributed by atoms with Gasteiger partial charge in [-0.2, -0.15) is 0 Å². The molecule has 2 fully saturated rings. The summed E-state index contributed by atoms with van der Waals surface area (Å²) in [6, 6.07) is 29.4. The average Bonchev–Trinajstić information content (AvgIpc) is 4.09. The van der Waals surface area contributed by atoms with Crippen molar-refractivity contribution >= 4 is 24.0 Å². The third-order valence-electron chi connectivity index (χ3n) is 11.0. The molecule has 4 amide bonds. The second-order valence-electron chi connectivity index (χ2n) is 14.9. The van der Waals surface area contributed by atoms with Gasteiger partial charge in [-0.1, -0.05) is 109 Å². The largest absolute Gasteiger partial charge is 0.465 e. The van der Waals surface area contributed by atoms with Crippen LogP contribution in [0.25, 0.3) is 33.6 Å². The van der Waals surface area contributed by atoms with E-state index >= 15 is 0 Å². The van der Waals surface area contributed by atoms with E-state index in [2.05, 4.69) is 30.6 Å². The molecule has 4 heterocycles. The summed E-state index contributed by atoms with van der Waals surface area (Å²) < 4.78 is 0. The molecule has 6 aromatic rings. The van der Waals surface area contributed by atoms with Crippen LogP contribution in [-0.4, -0.2) is 99.5 Å². The van der Waals surface area contributed by atoms with Gasteiger partial charge in [0.15, 0.2) is 0 Å². The summed E-state index contributed by atoms with van der Waals surface area (Å²) in [7, 11) is 0. The molecule has 16 heteroatoms. The molecule has 0 unspecified atom stereocenters. The number of carboxylic acid groups (broad SMARTS) is 2. The number of β-amino-alcohol motifs (C(OH)–C–C–N with tert-alkyl or cyclic N) is 2. The first kappa shape index (κ1) is 39.5. The Hall–Kier alpha value is -7.30. The maximum Gasteiger partial charge on any atom is 0.405 e. The number of rotatable bonds is 11. The first-order valence-corrected chi connectivity index (χ1v) is 19.4. The lowest BCUT2D eigenvalue weighted by Gasteiger charge is -2.28. The lowest BCUT2D eigenvalue weighted by Crippen LogP contribution is -2.43. The molecule has 2 aliphatic heterocycles. The maximum atomic E-state index is 13.8. The van der Waals surface area contributed by atoms with Crippen molar-refractivity contribution in [2.75, 3.05) is 13.1 Å². The second-order valence-corrected chi connectivity index (χ2v) is 14.9. The number of hydrogen-bond donors (Lipinski definition) is 8. The SMILES string of the molecule is O=C(O)N[C@@H](C(=O)N1C[C@H](O)C[C@H]1c1ncc(-c2ccc(-c3ccc(-c4cnc([C@@H]5C[C@@H](O)CN5C(=O)[C@H](NC(=O)O)c5ccccc5)[nH]4)cc3)cc2)[nH]1)c1ccccc1. The van der Waals surface area contributed by atoms with Crippen molar-refractivity contribution in [2.45, 2.75) is 49.2 Å². The van der Waals surface area contributed by atoms with Crippen LogP contribution in [0.2, 0.25) is 0 Å². The van der Waals surface area contributed by atoms with Crippen molar-refractivity contribution in [2.24, 2.45) is 0 Å². The van der Waals surface area contributed by atoms with Gasteiger partial charge >= 0.3 is 12.2 Å². The molecule has 8 N–H and O–H groups in total. The monoisotopic (exact) mass is 810 g/mol. The van der Waals surface area contributed by atoms with Crippen molar-refractivity contribution < 1.29 is 39.6 Å². The van der Waals surface area contributed by atoms with Crippen molar-refractivity contribution in [3.8, 4) is 33.6 Å². The van der Waals surface area contributed by atoms with Gasteiger partial charge in [-0.05, 0) is 33.4 Å². The van der Waals surface area contributed by atoms with Crippen molar-refractivity contribution in [1.29, 1.82) is 0 Å². The topological polar surface area (TPSA) is 237 Å². The number of imidazole rings is 2. The molecule has 4 aromatic carbocycles. The molecule has 2 aromatic heterocycles. The summed E-state index contributed by atoms with van der Waals surface area (Å²) in [5, 5.41) is 44.8. The Labute approximate surface area is 343 Å². The number of carbonyl (C=O) groups is 4. The fourth-order valence-corrected chi connectivity index (χ4v) is 8.07. The summed E-state index contributed by atoms with van der Waals surface area (Å²) >= 11 is 0. The summed E-state index contributed by atoms with van der Waals surface area (Å²) in [6.45, 7) is 0.0697. The molecule has 0 bridgehead atoms. The van der Waals surface area contributed by atoms with Gasteiger partial charge in [0, 0.05) is 25.9 Å². The Morgan fingerprint density at radius 1 is 0.550 bits per heavy atom. The second kappa shape index (κ2) is 16.9. The van der Waals surface area contributed by atoms with Gasteiger partial charge in [-0.25, -0.2) is 19.6 Å². The number of amides is 4. The number of aromatic amines is 2. The lowest BCUT2D eigenvalue weighted by molar-refractivity contribution is -0.135. The minimum absolute atomic E-state index is 0.0348. The maximum absolute atomic E-state index is 13.8. The van der Waals surface area contributed by atoms with E-state index in [0.717, 1.165) is 22.3 Å². The highest BCUT2D eigenvalue weighted by atomic mass is 16.4. The number of aromatic nitrogens is 4. The number of benzene rings is 4. The summed E-state index contributed by atoms with van der Waals surface area (Å²) in [6.07, 6.45) is -0.456. The highest BCUT2D eigenvalue weighted by molar-refractivity contribution is 5.88. The van der Waals surface area contributed by atoms with Gasteiger partial charge in [-0.15, -0.1) is 0 Å². The van der Waals surface area contributed by atoms with Gasteiger partial charge < -0.3 is 50.8 Å². The smallest absolute Gasteiger partial charge is 0.405 e. The van der Waals surface area contributed by atoms with E-state index < -0.39 is 60.4 Å². The molecule has 6 atom stereocenters. The van der Waals surface area contributed by atoms with Gasteiger partial charge in [0.25, 0.3) is 11.8 Å². The van der Waals surface area contributed by atoms with Gasteiger partial charge in [-0.3, -0.25) is 9.59 Å². The number of H-pyrrole nitrogens is 2. The molecule has 60 heavy (non-hydrogen) atoms. The Balaban J connectivity index is 0.945. The molecule has 306 valence electrons. The number of hydrogen-bond acceptors (Lipinski definition) is 8. The fraction of sp³-hybridized carbons (Fsp3) is 0.227. The Kier molecular flexibility index (Phi) is 11.1. The third-order valence-corrected chi connectivity index (χ3v) is 11.0. The first-order valence-electron chi connectivity index (χ1n) is 19.4. The molecule has 0 aliphatic carbocycles. The van der Waals surface area contributed by atoms with Gasteiger partial charge in [0.1, 0.15) is 23.7 Å². The van der Waals surface area contributed by atoms with E-state index in [1.807, 2.05) is 48.5 Å². The van der Waals surface area contributed by atoms with Crippen molar-refractivity contribution in [3.05, 3.63) is 144 Å². The predicted molar refractivity (Wildman–Crippen MR) is 218 cm³/mol. The molecular weight excluding hydrogens is 769 g/mol. The Morgan fingerprint density at radius 3 is 1.25 bits per heavy atom. The molecule has 0 radical (unpaired) electrons. The van der Waals surface area contributed by atoms with Crippen LogP contribution >= 0.6 is 0 Å². The fourth-order valence-electron chi connectivity index (χ4n) is 8.07. The minimum atomic E-state index is -1.34. The summed E-state index contributed by atoms with van der Waals surface area (Å²) in [5.74, 6) is -0.00586. The standard InChI is InChI=1S/C44H42N8O8/c53-31-19-35(51(23-31)41(55)37(49-43(57)58)29-7-3-1-4-8-29)39-45-21-33(47-39)27-15-11-25(12-16-27)26-13-17-28(18-14-26)34-22-46-40(48-34)36-20-32(54)24-52(36)42(56)38(50-44(59)60)30-9-5-2-6-10-30/h1-18,21-22,31-32,35-38,49-50,53-54H,19-20,23-24H2,(H,45,47)(H,46,48)(H,57,58)(H,59,60)/t31-,32-,35+,36+,37-,38-/m1/s1. The van der Waals surface area contributed by atoms with Crippen LogP contribution in [0.5, 0.6) is 0 Å². The quantitative estimate of drug-likeness (QED) is 0.0827. The summed E-state index contributed by atoms with van der Waals surface area (Å²) in [5.41, 5.74) is 6.02. The van der Waals surface area contributed by atoms with Crippen LogP contribution in [0, 0.1) is 0 Å². The van der Waals surface area contributed by atoms with E-state index in [0.29, 0.717) is 34.2 Å². The van der Waals surface area contributed by atoms with E-state index in [4.69, 9.17) is 0 Å². The molecule has 2 aliphatic rings. The van der Waals surface area contributed by atoms with Crippen LogP contribution in [0.3, 0.4) is 0 Å². The zero-order valence-corrected chi connectivity index (χ0v) is 32.1. The van der Waals surface area contributed by atoms with Crippen LogP contribution in [-0.2, 0) is 9.59 Å². The zero-order valence-electron chi connectivity index (χ0n) is 32.1. The van der Waals surface area contributed by atoms with Crippen molar-refractivity contribution in [3.63, 3.8) is 0 Å². The number of likely N-dealkylation sites (tertiary alicyclic amines) is 2. The highest BCUT2D eigenvalue weighted by Gasteiger charge is 2.42. The van der Waals surface area contributed by atoms with Crippen LogP contribution < -0.4 is 10.6 Å². The predicted octanol–water partition coefficient (Wildman–Crippen LogP) is 5.42. The van der Waals surface area contributed by atoms with E-state index in [1.165, 1.54) is 9.80 Å². The highest BCUT2D eigenvalue weighted by Crippen LogP contribution is 2.36. The number of nitrogens with zero attached hydrogens (tertiary/aromatic N) is 4. The zero-order chi connectivity index (χ0) is 41.9. The van der Waals surface area contributed by atoms with E-state index in [-0.39, 0.29) is 25.9 Å². The average molecular weight is 811 g/mol. The number of aliphatic hydroxyl groups is 2. The third kappa shape index (κ3) is 8.32. The Bertz CT molecular complexity index is 2300. The van der Waals surface area contributed by atoms with Crippen LogP contribution in [0.15, 0.2) is 122 Å². The van der Waals surface area contributed by atoms with Crippen LogP contribution in [0.1, 0.15) is 59.8 Å². The van der Waals surface area contributed by atoms with Gasteiger partial charge in [0.05, 0.1) is 48.1 Å². The number of carbonyl (C=O) groups excluding carboxylic acids is 2. The molecule has 0 saturated carbocycles. The van der Waals surface area contributed by atoms with Crippen LogP contribution in [0.4, 0.5) is 9.59 Å². The number of aliphatic hydroxyl groups excluding tert-OH is 2. The first-order chi connectivity index (χ1) is 29.0. The Morgan fingerprint density at radius 2 is 0.900 bits per heavy atom.